The zero-order valence-corrected chi connectivity index (χ0v) is 7.95. The smallest absolute Gasteiger partial charge is 0.116 e. The number of aromatic nitrogens is 2. The van der Waals surface area contributed by atoms with Crippen LogP contribution in [0.5, 0.6) is 0 Å². The summed E-state index contributed by atoms with van der Waals surface area (Å²) in [5.41, 5.74) is 9.42. The maximum atomic E-state index is 5.85. The minimum absolute atomic E-state index is 0.0369. The van der Waals surface area contributed by atoms with Crippen molar-refractivity contribution in [1.29, 1.82) is 0 Å². The highest BCUT2D eigenvalue weighted by molar-refractivity contribution is 5.28. The minimum Gasteiger partial charge on any atom is -0.323 e. The number of fused-ring (bicyclic) bond motifs is 1. The molecule has 1 aliphatic rings. The normalized spacial score (nSPS) is 18.0. The Morgan fingerprint density at radius 1 is 1.31 bits per heavy atom. The fourth-order valence-corrected chi connectivity index (χ4v) is 1.94. The number of nitrogens with two attached hydrogens (primary N) is 1. The number of rotatable bonds is 1. The Labute approximate surface area is 78.4 Å². The van der Waals surface area contributed by atoms with Crippen molar-refractivity contribution in [2.24, 2.45) is 5.73 Å². The number of hydrogen-bond acceptors (Lipinski definition) is 3. The zero-order chi connectivity index (χ0) is 9.26. The lowest BCUT2D eigenvalue weighted by molar-refractivity contribution is 0.635. The molecule has 2 N–H and O–H groups in total. The van der Waals surface area contributed by atoms with Crippen LogP contribution in [0.2, 0.25) is 0 Å². The SMILES string of the molecule is CC(N)c1ncnc2c1CCCC2. The van der Waals surface area contributed by atoms with E-state index in [0.717, 1.165) is 18.5 Å². The molecule has 2 rings (SSSR count). The van der Waals surface area contributed by atoms with E-state index in [-0.39, 0.29) is 6.04 Å². The van der Waals surface area contributed by atoms with E-state index in [1.807, 2.05) is 6.92 Å². The maximum Gasteiger partial charge on any atom is 0.116 e. The molecule has 0 radical (unpaired) electrons. The molecule has 1 atom stereocenters. The highest BCUT2D eigenvalue weighted by Crippen LogP contribution is 2.23. The van der Waals surface area contributed by atoms with Gasteiger partial charge < -0.3 is 5.73 Å². The Bertz CT molecular complexity index is 307. The molecule has 0 fully saturated rings. The monoisotopic (exact) mass is 177 g/mol. The van der Waals surface area contributed by atoms with Gasteiger partial charge in [-0.2, -0.15) is 0 Å². The van der Waals surface area contributed by atoms with Gasteiger partial charge in [-0.25, -0.2) is 9.97 Å². The van der Waals surface area contributed by atoms with Crippen LogP contribution in [0.15, 0.2) is 6.33 Å². The molecule has 0 aliphatic heterocycles. The van der Waals surface area contributed by atoms with E-state index in [9.17, 15) is 0 Å². The summed E-state index contributed by atoms with van der Waals surface area (Å²) in [5, 5.41) is 0. The second-order valence-corrected chi connectivity index (χ2v) is 3.68. The van der Waals surface area contributed by atoms with E-state index in [0.29, 0.717) is 0 Å². The molecule has 13 heavy (non-hydrogen) atoms. The molecule has 0 amide bonds. The van der Waals surface area contributed by atoms with Crippen LogP contribution >= 0.6 is 0 Å². The third-order valence-corrected chi connectivity index (χ3v) is 2.59. The van der Waals surface area contributed by atoms with Gasteiger partial charge in [0.25, 0.3) is 0 Å². The first-order valence-electron chi connectivity index (χ1n) is 4.87. The molecule has 1 aromatic rings. The first kappa shape index (κ1) is 8.63. The molecule has 0 aromatic carbocycles. The molecule has 0 bridgehead atoms. The Morgan fingerprint density at radius 3 is 2.85 bits per heavy atom. The molecule has 3 heteroatoms. The summed E-state index contributed by atoms with van der Waals surface area (Å²) in [6, 6.07) is 0.0369. The topological polar surface area (TPSA) is 51.8 Å². The van der Waals surface area contributed by atoms with Crippen LogP contribution in [-0.2, 0) is 12.8 Å². The molecule has 0 saturated carbocycles. The fraction of sp³-hybridized carbons (Fsp3) is 0.600. The van der Waals surface area contributed by atoms with Crippen LogP contribution in [0.4, 0.5) is 0 Å². The largest absolute Gasteiger partial charge is 0.323 e. The van der Waals surface area contributed by atoms with Gasteiger partial charge in [0.15, 0.2) is 0 Å². The van der Waals surface area contributed by atoms with Gasteiger partial charge in [-0.3, -0.25) is 0 Å². The number of aryl methyl sites for hydroxylation is 1. The predicted octanol–water partition coefficient (Wildman–Crippen LogP) is 1.38. The van der Waals surface area contributed by atoms with Gasteiger partial charge in [0.2, 0.25) is 0 Å². The third kappa shape index (κ3) is 1.56. The van der Waals surface area contributed by atoms with Crippen molar-refractivity contribution in [2.75, 3.05) is 0 Å². The summed E-state index contributed by atoms with van der Waals surface area (Å²) < 4.78 is 0. The van der Waals surface area contributed by atoms with Gasteiger partial charge in [-0.1, -0.05) is 0 Å². The van der Waals surface area contributed by atoms with Crippen molar-refractivity contribution in [3.8, 4) is 0 Å². The predicted molar refractivity (Wildman–Crippen MR) is 51.3 cm³/mol. The van der Waals surface area contributed by atoms with Crippen molar-refractivity contribution in [1.82, 2.24) is 9.97 Å². The summed E-state index contributed by atoms with van der Waals surface area (Å²) in [4.78, 5) is 8.55. The average molecular weight is 177 g/mol. The molecular formula is C10H15N3. The number of nitrogens with zero attached hydrogens (tertiary/aromatic N) is 2. The van der Waals surface area contributed by atoms with Crippen molar-refractivity contribution < 1.29 is 0 Å². The summed E-state index contributed by atoms with van der Waals surface area (Å²) in [6.45, 7) is 1.98. The molecule has 1 unspecified atom stereocenters. The standard InChI is InChI=1S/C10H15N3/c1-7(11)10-8-4-2-3-5-9(8)12-6-13-10/h6-7H,2-5,11H2,1H3. The van der Waals surface area contributed by atoms with Crippen molar-refractivity contribution in [2.45, 2.75) is 38.6 Å². The second kappa shape index (κ2) is 3.42. The maximum absolute atomic E-state index is 5.85. The van der Waals surface area contributed by atoms with Crippen LogP contribution in [0.1, 0.15) is 42.8 Å². The Hall–Kier alpha value is -0.960. The van der Waals surface area contributed by atoms with E-state index in [1.54, 1.807) is 6.33 Å². The van der Waals surface area contributed by atoms with Gasteiger partial charge in [-0.05, 0) is 38.2 Å². The first-order chi connectivity index (χ1) is 6.29. The molecule has 1 aliphatic carbocycles. The fourth-order valence-electron chi connectivity index (χ4n) is 1.94. The minimum atomic E-state index is 0.0369. The molecule has 70 valence electrons. The highest BCUT2D eigenvalue weighted by Gasteiger charge is 2.16. The average Bonchev–Trinajstić information content (AvgIpc) is 2.17. The van der Waals surface area contributed by atoms with E-state index in [1.165, 1.54) is 24.1 Å². The van der Waals surface area contributed by atoms with Crippen molar-refractivity contribution in [3.05, 3.63) is 23.3 Å². The lowest BCUT2D eigenvalue weighted by Crippen LogP contribution is -2.16. The van der Waals surface area contributed by atoms with Gasteiger partial charge in [0.1, 0.15) is 6.33 Å². The summed E-state index contributed by atoms with van der Waals surface area (Å²) in [6.07, 6.45) is 6.34. The lowest BCUT2D eigenvalue weighted by atomic mass is 9.93. The van der Waals surface area contributed by atoms with Gasteiger partial charge in [0, 0.05) is 11.7 Å². The van der Waals surface area contributed by atoms with Crippen LogP contribution in [0.25, 0.3) is 0 Å². The van der Waals surface area contributed by atoms with Crippen molar-refractivity contribution >= 4 is 0 Å². The van der Waals surface area contributed by atoms with Crippen LogP contribution in [-0.4, -0.2) is 9.97 Å². The van der Waals surface area contributed by atoms with Crippen LogP contribution in [0, 0.1) is 0 Å². The summed E-state index contributed by atoms with van der Waals surface area (Å²) >= 11 is 0. The summed E-state index contributed by atoms with van der Waals surface area (Å²) in [5.74, 6) is 0. The quantitative estimate of drug-likeness (QED) is 0.705. The van der Waals surface area contributed by atoms with Gasteiger partial charge in [-0.15, -0.1) is 0 Å². The van der Waals surface area contributed by atoms with Crippen LogP contribution < -0.4 is 5.73 Å². The molecule has 0 spiro atoms. The van der Waals surface area contributed by atoms with E-state index in [2.05, 4.69) is 9.97 Å². The first-order valence-corrected chi connectivity index (χ1v) is 4.87. The number of hydrogen-bond donors (Lipinski definition) is 1. The molecule has 1 aromatic heterocycles. The van der Waals surface area contributed by atoms with Crippen molar-refractivity contribution in [3.63, 3.8) is 0 Å². The molecular weight excluding hydrogens is 162 g/mol. The molecule has 3 nitrogen and oxygen atoms in total. The summed E-state index contributed by atoms with van der Waals surface area (Å²) in [7, 11) is 0. The Kier molecular flexibility index (Phi) is 2.27. The Balaban J connectivity index is 2.46. The van der Waals surface area contributed by atoms with E-state index < -0.39 is 0 Å². The zero-order valence-electron chi connectivity index (χ0n) is 7.95. The molecule has 1 heterocycles. The van der Waals surface area contributed by atoms with E-state index in [4.69, 9.17) is 5.73 Å². The van der Waals surface area contributed by atoms with Gasteiger partial charge >= 0.3 is 0 Å². The van der Waals surface area contributed by atoms with Gasteiger partial charge in [0.05, 0.1) is 5.69 Å². The molecule has 0 saturated heterocycles. The Morgan fingerprint density at radius 2 is 2.08 bits per heavy atom. The van der Waals surface area contributed by atoms with Crippen LogP contribution in [0.3, 0.4) is 0 Å². The van der Waals surface area contributed by atoms with E-state index >= 15 is 0 Å². The highest BCUT2D eigenvalue weighted by atomic mass is 14.9. The second-order valence-electron chi connectivity index (χ2n) is 3.68. The lowest BCUT2D eigenvalue weighted by Gasteiger charge is -2.18. The third-order valence-electron chi connectivity index (χ3n) is 2.59.